The van der Waals surface area contributed by atoms with Gasteiger partial charge in [-0.2, -0.15) is 0 Å². The van der Waals surface area contributed by atoms with Crippen LogP contribution < -0.4 is 4.72 Å². The summed E-state index contributed by atoms with van der Waals surface area (Å²) in [5.41, 5.74) is 2.58. The summed E-state index contributed by atoms with van der Waals surface area (Å²) in [4.78, 5) is 6.86. The zero-order valence-electron chi connectivity index (χ0n) is 16.4. The molecule has 1 N–H and O–H groups in total. The van der Waals surface area contributed by atoms with Gasteiger partial charge in [-0.1, -0.05) is 42.5 Å². The number of pyridine rings is 1. The van der Waals surface area contributed by atoms with Gasteiger partial charge in [0.15, 0.2) is 0 Å². The van der Waals surface area contributed by atoms with Gasteiger partial charge in [0.25, 0.3) is 0 Å². The minimum Gasteiger partial charge on any atom is -0.379 e. The molecule has 6 nitrogen and oxygen atoms in total. The normalized spacial score (nSPS) is 16.7. The first kappa shape index (κ1) is 20.0. The number of aryl methyl sites for hydroxylation is 1. The first-order valence-corrected chi connectivity index (χ1v) is 11.2. The fraction of sp³-hybridized carbons (Fsp3) is 0.318. The summed E-state index contributed by atoms with van der Waals surface area (Å²) in [7, 11) is -3.71. The summed E-state index contributed by atoms with van der Waals surface area (Å²) in [5, 5.41) is 0.820. The number of fused-ring (bicyclic) bond motifs is 1. The zero-order valence-corrected chi connectivity index (χ0v) is 17.2. The highest BCUT2D eigenvalue weighted by molar-refractivity contribution is 7.89. The first-order chi connectivity index (χ1) is 14.0. The van der Waals surface area contributed by atoms with Crippen molar-refractivity contribution < 1.29 is 13.2 Å². The van der Waals surface area contributed by atoms with Crippen LogP contribution in [0.2, 0.25) is 0 Å². The van der Waals surface area contributed by atoms with E-state index in [1.807, 2.05) is 49.4 Å². The Morgan fingerprint density at radius 3 is 2.62 bits per heavy atom. The molecule has 1 aliphatic rings. The third kappa shape index (κ3) is 4.48. The van der Waals surface area contributed by atoms with Crippen molar-refractivity contribution in [3.8, 4) is 0 Å². The van der Waals surface area contributed by atoms with Crippen molar-refractivity contribution in [2.45, 2.75) is 17.9 Å². The number of hydrogen-bond donors (Lipinski definition) is 1. The van der Waals surface area contributed by atoms with Crippen molar-refractivity contribution in [3.05, 3.63) is 71.9 Å². The van der Waals surface area contributed by atoms with Gasteiger partial charge >= 0.3 is 0 Å². The van der Waals surface area contributed by atoms with Gasteiger partial charge in [0, 0.05) is 37.3 Å². The lowest BCUT2D eigenvalue weighted by Gasteiger charge is -2.34. The molecule has 0 aliphatic carbocycles. The van der Waals surface area contributed by atoms with Crippen molar-refractivity contribution in [1.82, 2.24) is 14.6 Å². The summed E-state index contributed by atoms with van der Waals surface area (Å²) in [6.45, 7) is 5.09. The molecular formula is C22H25N3O3S. The van der Waals surface area contributed by atoms with Gasteiger partial charge in [-0.05, 0) is 30.2 Å². The number of nitrogens with one attached hydrogen (secondary N) is 1. The Hall–Kier alpha value is -2.32. The van der Waals surface area contributed by atoms with E-state index in [1.165, 1.54) is 0 Å². The van der Waals surface area contributed by atoms with Crippen molar-refractivity contribution in [2.24, 2.45) is 0 Å². The van der Waals surface area contributed by atoms with Crippen LogP contribution in [-0.2, 0) is 14.8 Å². The van der Waals surface area contributed by atoms with Crippen molar-refractivity contribution >= 4 is 20.9 Å². The molecule has 1 aromatic heterocycles. The molecule has 3 aromatic rings. The van der Waals surface area contributed by atoms with E-state index in [-0.39, 0.29) is 17.5 Å². The van der Waals surface area contributed by atoms with Gasteiger partial charge in [0.1, 0.15) is 4.90 Å². The molecule has 0 bridgehead atoms. The van der Waals surface area contributed by atoms with Crippen LogP contribution >= 0.6 is 0 Å². The number of rotatable bonds is 6. The van der Waals surface area contributed by atoms with Gasteiger partial charge in [0.05, 0.1) is 18.7 Å². The molecule has 0 spiro atoms. The van der Waals surface area contributed by atoms with Gasteiger partial charge < -0.3 is 4.74 Å². The maximum atomic E-state index is 13.2. The zero-order chi connectivity index (χ0) is 20.3. The lowest BCUT2D eigenvalue weighted by Crippen LogP contribution is -2.43. The van der Waals surface area contributed by atoms with Crippen molar-refractivity contribution in [1.29, 1.82) is 0 Å². The molecule has 1 atom stereocenters. The summed E-state index contributed by atoms with van der Waals surface area (Å²) in [6.07, 6.45) is 1.70. The largest absolute Gasteiger partial charge is 0.379 e. The number of sulfonamides is 1. The predicted molar refractivity (Wildman–Crippen MR) is 113 cm³/mol. The van der Waals surface area contributed by atoms with Crippen LogP contribution in [0.4, 0.5) is 0 Å². The lowest BCUT2D eigenvalue weighted by atomic mass is 10.1. The van der Waals surface area contributed by atoms with E-state index in [0.29, 0.717) is 18.7 Å². The van der Waals surface area contributed by atoms with E-state index < -0.39 is 10.0 Å². The standard InChI is InChI=1S/C22H25N3O3S/c1-17-14-19-8-5-9-21(22(19)23-15-17)29(26,27)24-16-20(18-6-3-2-4-7-18)25-10-12-28-13-11-25/h2-9,14-15,20,24H,10-13,16H2,1H3/t20-/m1/s1. The van der Waals surface area contributed by atoms with E-state index in [4.69, 9.17) is 4.74 Å². The summed E-state index contributed by atoms with van der Waals surface area (Å²) < 4.78 is 34.6. The number of hydrogen-bond acceptors (Lipinski definition) is 5. The SMILES string of the molecule is Cc1cnc2c(S(=O)(=O)NC[C@H](c3ccccc3)N3CCOCC3)cccc2c1. The van der Waals surface area contributed by atoms with Crippen LogP contribution in [-0.4, -0.2) is 51.1 Å². The number of para-hydroxylation sites is 1. The average molecular weight is 412 g/mol. The molecule has 0 amide bonds. The molecule has 1 fully saturated rings. The number of aromatic nitrogens is 1. The molecule has 1 saturated heterocycles. The molecule has 2 heterocycles. The van der Waals surface area contributed by atoms with Gasteiger partial charge in [-0.25, -0.2) is 13.1 Å². The fourth-order valence-corrected chi connectivity index (χ4v) is 4.96. The third-order valence-corrected chi connectivity index (χ3v) is 6.69. The van der Waals surface area contributed by atoms with Crippen molar-refractivity contribution in [2.75, 3.05) is 32.8 Å². The number of morpholine rings is 1. The Balaban J connectivity index is 1.61. The van der Waals surface area contributed by atoms with Gasteiger partial charge in [0.2, 0.25) is 10.0 Å². The highest BCUT2D eigenvalue weighted by atomic mass is 32.2. The first-order valence-electron chi connectivity index (χ1n) is 9.76. The number of benzene rings is 2. The molecule has 0 unspecified atom stereocenters. The molecule has 4 rings (SSSR count). The van der Waals surface area contributed by atoms with Crippen molar-refractivity contribution in [3.63, 3.8) is 0 Å². The highest BCUT2D eigenvalue weighted by Crippen LogP contribution is 2.24. The van der Waals surface area contributed by atoms with E-state index in [9.17, 15) is 8.42 Å². The Bertz CT molecular complexity index is 1080. The van der Waals surface area contributed by atoms with Crippen LogP contribution in [0, 0.1) is 6.92 Å². The minimum atomic E-state index is -3.71. The van der Waals surface area contributed by atoms with Gasteiger partial charge in [-0.15, -0.1) is 0 Å². The van der Waals surface area contributed by atoms with E-state index in [1.54, 1.807) is 18.3 Å². The summed E-state index contributed by atoms with van der Waals surface area (Å²) >= 11 is 0. The molecule has 0 saturated carbocycles. The van der Waals surface area contributed by atoms with Crippen LogP contribution in [0.5, 0.6) is 0 Å². The Morgan fingerprint density at radius 1 is 1.10 bits per heavy atom. The van der Waals surface area contributed by atoms with Crippen LogP contribution in [0.25, 0.3) is 10.9 Å². The van der Waals surface area contributed by atoms with E-state index in [2.05, 4.69) is 14.6 Å². The third-order valence-electron chi connectivity index (χ3n) is 5.24. The van der Waals surface area contributed by atoms with Crippen LogP contribution in [0.15, 0.2) is 65.7 Å². The van der Waals surface area contributed by atoms with E-state index in [0.717, 1.165) is 29.6 Å². The molecule has 29 heavy (non-hydrogen) atoms. The average Bonchev–Trinajstić information content (AvgIpc) is 2.74. The summed E-state index contributed by atoms with van der Waals surface area (Å²) in [6, 6.07) is 17.1. The number of nitrogens with zero attached hydrogens (tertiary/aromatic N) is 2. The second-order valence-corrected chi connectivity index (χ2v) is 9.00. The maximum Gasteiger partial charge on any atom is 0.242 e. The maximum absolute atomic E-state index is 13.2. The molecule has 7 heteroatoms. The Morgan fingerprint density at radius 2 is 1.86 bits per heavy atom. The van der Waals surface area contributed by atoms with Gasteiger partial charge in [-0.3, -0.25) is 9.88 Å². The second kappa shape index (κ2) is 8.59. The molecule has 1 aliphatic heterocycles. The minimum absolute atomic E-state index is 0.0555. The van der Waals surface area contributed by atoms with Crippen LogP contribution in [0.3, 0.4) is 0 Å². The van der Waals surface area contributed by atoms with E-state index >= 15 is 0 Å². The Kier molecular flexibility index (Phi) is 5.91. The smallest absolute Gasteiger partial charge is 0.242 e. The fourth-order valence-electron chi connectivity index (χ4n) is 3.75. The molecule has 152 valence electrons. The topological polar surface area (TPSA) is 71.5 Å². The Labute approximate surface area is 171 Å². The molecular weight excluding hydrogens is 386 g/mol. The van der Waals surface area contributed by atoms with Crippen LogP contribution in [0.1, 0.15) is 17.2 Å². The second-order valence-electron chi connectivity index (χ2n) is 7.27. The summed E-state index contributed by atoms with van der Waals surface area (Å²) in [5.74, 6) is 0. The molecule has 0 radical (unpaired) electrons. The lowest BCUT2D eigenvalue weighted by molar-refractivity contribution is 0.0172. The predicted octanol–water partition coefficient (Wildman–Crippen LogP) is 2.90. The highest BCUT2D eigenvalue weighted by Gasteiger charge is 2.26. The monoisotopic (exact) mass is 411 g/mol. The molecule has 2 aromatic carbocycles. The quantitative estimate of drug-likeness (QED) is 0.675. The number of ether oxygens (including phenoxy) is 1.